The fraction of sp³-hybridized carbons (Fsp3) is 0.649. The SMILES string of the molecule is CO[C@@]1(C2SCCCS2)CCC[C@H](C)[C@@H](C)S(=O)(=O)NC(=O)c2ccc3c(c2)N(C[C@@H]2CC[C@H]21)C[C@@]1(CCCc2cc(Cl)ccc21)CO3. The fourth-order valence-corrected chi connectivity index (χ4v) is 14.1. The lowest BCUT2D eigenvalue weighted by molar-refractivity contribution is -0.104. The molecule has 1 N–H and O–H groups in total. The van der Waals surface area contributed by atoms with Crippen LogP contribution in [-0.2, 0) is 26.6 Å². The van der Waals surface area contributed by atoms with Gasteiger partial charge < -0.3 is 14.4 Å². The number of ether oxygens (including phenoxy) is 2. The Morgan fingerprint density at radius 1 is 1.02 bits per heavy atom. The Balaban J connectivity index is 1.32. The first kappa shape index (κ1) is 34.8. The normalized spacial score (nSPS) is 34.2. The number of nitrogens with zero attached hydrogens (tertiary/aromatic N) is 1. The van der Waals surface area contributed by atoms with E-state index in [-0.39, 0.29) is 16.9 Å². The van der Waals surface area contributed by atoms with Crippen molar-refractivity contribution in [2.24, 2.45) is 17.8 Å². The molecule has 1 saturated carbocycles. The Kier molecular flexibility index (Phi) is 10.1. The number of methoxy groups -OCH3 is 1. The van der Waals surface area contributed by atoms with Gasteiger partial charge in [0.15, 0.2) is 0 Å². The van der Waals surface area contributed by atoms with E-state index in [2.05, 4.69) is 45.3 Å². The van der Waals surface area contributed by atoms with Gasteiger partial charge in [-0.2, -0.15) is 0 Å². The number of sulfonamides is 1. The number of carbonyl (C=O) groups is 1. The molecule has 1 amide bonds. The number of anilines is 1. The molecule has 3 heterocycles. The molecule has 0 radical (unpaired) electrons. The number of carbonyl (C=O) groups excluding carboxylic acids is 1. The smallest absolute Gasteiger partial charge is 0.264 e. The minimum absolute atomic E-state index is 0.109. The van der Waals surface area contributed by atoms with Crippen LogP contribution in [0, 0.1) is 17.8 Å². The van der Waals surface area contributed by atoms with Crippen molar-refractivity contribution >= 4 is 56.7 Å². The van der Waals surface area contributed by atoms with Gasteiger partial charge in [0.25, 0.3) is 5.91 Å². The lowest BCUT2D eigenvalue weighted by Gasteiger charge is -2.54. The fourth-order valence-electron chi connectivity index (χ4n) is 9.09. The monoisotopic (exact) mass is 732 g/mol. The van der Waals surface area contributed by atoms with E-state index in [4.69, 9.17) is 21.1 Å². The van der Waals surface area contributed by atoms with Crippen LogP contribution in [-0.4, -0.2) is 68.1 Å². The molecule has 2 aliphatic carbocycles. The van der Waals surface area contributed by atoms with Crippen LogP contribution >= 0.6 is 35.1 Å². The van der Waals surface area contributed by atoms with E-state index in [0.717, 1.165) is 92.4 Å². The highest BCUT2D eigenvalue weighted by molar-refractivity contribution is 8.17. The van der Waals surface area contributed by atoms with Crippen LogP contribution < -0.4 is 14.4 Å². The van der Waals surface area contributed by atoms with Crippen LogP contribution in [0.1, 0.15) is 86.7 Å². The summed E-state index contributed by atoms with van der Waals surface area (Å²) < 4.78 is 43.3. The van der Waals surface area contributed by atoms with E-state index in [1.807, 2.05) is 32.2 Å². The first-order valence-electron chi connectivity index (χ1n) is 17.7. The molecule has 6 atom stereocenters. The summed E-state index contributed by atoms with van der Waals surface area (Å²) >= 11 is 10.6. The summed E-state index contributed by atoms with van der Waals surface area (Å²) in [5.74, 6) is 3.15. The van der Waals surface area contributed by atoms with E-state index in [0.29, 0.717) is 28.6 Å². The Morgan fingerprint density at radius 3 is 2.58 bits per heavy atom. The molecule has 11 heteroatoms. The number of thioether (sulfide) groups is 2. The van der Waals surface area contributed by atoms with Gasteiger partial charge in [0.05, 0.1) is 27.7 Å². The van der Waals surface area contributed by atoms with E-state index < -0.39 is 21.2 Å². The molecule has 5 aliphatic rings. The predicted molar refractivity (Wildman–Crippen MR) is 198 cm³/mol. The summed E-state index contributed by atoms with van der Waals surface area (Å²) in [6, 6.07) is 11.7. The molecule has 2 fully saturated rings. The zero-order valence-corrected chi connectivity index (χ0v) is 31.5. The highest BCUT2D eigenvalue weighted by Crippen LogP contribution is 2.55. The molecule has 0 aromatic heterocycles. The van der Waals surface area contributed by atoms with Crippen LogP contribution in [0.5, 0.6) is 5.75 Å². The van der Waals surface area contributed by atoms with Crippen LogP contribution in [0.15, 0.2) is 36.4 Å². The quantitative estimate of drug-likeness (QED) is 0.337. The minimum Gasteiger partial charge on any atom is -0.490 e. The van der Waals surface area contributed by atoms with Gasteiger partial charge in [-0.05, 0) is 129 Å². The van der Waals surface area contributed by atoms with Crippen molar-refractivity contribution in [3.8, 4) is 5.75 Å². The second kappa shape index (κ2) is 13.9. The van der Waals surface area contributed by atoms with Gasteiger partial charge >= 0.3 is 0 Å². The first-order valence-corrected chi connectivity index (χ1v) is 21.7. The topological polar surface area (TPSA) is 84.9 Å². The van der Waals surface area contributed by atoms with Crippen molar-refractivity contribution in [1.29, 1.82) is 0 Å². The molecule has 7 rings (SSSR count). The number of amides is 1. The Hall–Kier alpha value is -1.59. The van der Waals surface area contributed by atoms with Crippen molar-refractivity contribution in [3.05, 3.63) is 58.1 Å². The number of nitrogens with one attached hydrogen (secondary N) is 1. The van der Waals surface area contributed by atoms with E-state index in [9.17, 15) is 13.2 Å². The number of fused-ring (bicyclic) bond motifs is 4. The highest BCUT2D eigenvalue weighted by atomic mass is 35.5. The average Bonchev–Trinajstić information content (AvgIpc) is 3.22. The van der Waals surface area contributed by atoms with Gasteiger partial charge in [-0.3, -0.25) is 4.79 Å². The molecule has 2 aromatic rings. The van der Waals surface area contributed by atoms with Gasteiger partial charge in [0, 0.05) is 36.2 Å². The van der Waals surface area contributed by atoms with E-state index in [1.54, 1.807) is 13.0 Å². The number of benzene rings is 2. The zero-order valence-electron chi connectivity index (χ0n) is 28.3. The summed E-state index contributed by atoms with van der Waals surface area (Å²) in [4.78, 5) is 16.0. The summed E-state index contributed by atoms with van der Waals surface area (Å²) in [7, 11) is -1.98. The average molecular weight is 733 g/mol. The molecular weight excluding hydrogens is 684 g/mol. The largest absolute Gasteiger partial charge is 0.490 e. The lowest BCUT2D eigenvalue weighted by Crippen LogP contribution is -2.57. The number of hydrogen-bond acceptors (Lipinski definition) is 8. The highest BCUT2D eigenvalue weighted by Gasteiger charge is 2.54. The summed E-state index contributed by atoms with van der Waals surface area (Å²) in [5.41, 5.74) is 3.26. The summed E-state index contributed by atoms with van der Waals surface area (Å²) in [6.07, 6.45) is 9.08. The van der Waals surface area contributed by atoms with Crippen molar-refractivity contribution in [3.63, 3.8) is 0 Å². The summed E-state index contributed by atoms with van der Waals surface area (Å²) in [6.45, 7) is 5.83. The van der Waals surface area contributed by atoms with Crippen molar-refractivity contribution < 1.29 is 22.7 Å². The van der Waals surface area contributed by atoms with Gasteiger partial charge in [0.1, 0.15) is 5.75 Å². The molecule has 0 unspecified atom stereocenters. The summed E-state index contributed by atoms with van der Waals surface area (Å²) in [5, 5.41) is 0.0520. The Bertz CT molecular complexity index is 1630. The van der Waals surface area contributed by atoms with Crippen molar-refractivity contribution in [1.82, 2.24) is 4.72 Å². The number of rotatable bonds is 2. The standard InChI is InChI=1S/C37H49ClN2O5S3/c1-24-7-4-16-37(44-3,35-46-17-6-18-47-35)31-12-9-28(31)21-40-22-36(15-5-8-26-19-29(38)11-13-30(26)36)23-45-33-14-10-27(20-32(33)40)34(41)39-48(42,43)25(24)2/h10-11,13-14,19-20,24-25,28,31,35H,4-9,12,15-18,21-23H2,1-3H3,(H,39,41)/t24-,25+,28-,31+,36-,37-/m0/s1. The maximum absolute atomic E-state index is 13.6. The second-order valence-corrected chi connectivity index (χ2v) is 20.1. The van der Waals surface area contributed by atoms with Crippen molar-refractivity contribution in [2.75, 3.05) is 43.2 Å². The van der Waals surface area contributed by atoms with E-state index in [1.165, 1.54) is 17.5 Å². The van der Waals surface area contributed by atoms with Crippen LogP contribution in [0.3, 0.4) is 0 Å². The third-order valence-electron chi connectivity index (χ3n) is 12.2. The van der Waals surface area contributed by atoms with Crippen LogP contribution in [0.25, 0.3) is 0 Å². The molecule has 3 aliphatic heterocycles. The lowest BCUT2D eigenvalue weighted by atomic mass is 9.63. The second-order valence-electron chi connectivity index (χ2n) is 14.9. The molecule has 1 spiro atoms. The van der Waals surface area contributed by atoms with Crippen LogP contribution in [0.2, 0.25) is 5.02 Å². The molecule has 2 aromatic carbocycles. The maximum Gasteiger partial charge on any atom is 0.264 e. The van der Waals surface area contributed by atoms with Gasteiger partial charge in [-0.1, -0.05) is 31.0 Å². The molecular formula is C37H49ClN2O5S3. The number of hydrogen-bond donors (Lipinski definition) is 1. The first-order chi connectivity index (χ1) is 23.0. The molecule has 2 bridgehead atoms. The van der Waals surface area contributed by atoms with Gasteiger partial charge in [0.2, 0.25) is 10.0 Å². The third kappa shape index (κ3) is 6.39. The van der Waals surface area contributed by atoms with Gasteiger partial charge in [-0.15, -0.1) is 23.5 Å². The minimum atomic E-state index is -3.89. The zero-order chi connectivity index (χ0) is 33.7. The van der Waals surface area contributed by atoms with Gasteiger partial charge in [-0.25, -0.2) is 13.1 Å². The predicted octanol–water partition coefficient (Wildman–Crippen LogP) is 7.69. The maximum atomic E-state index is 13.6. The number of halogens is 1. The van der Waals surface area contributed by atoms with Crippen molar-refractivity contribution in [2.45, 2.75) is 92.5 Å². The van der Waals surface area contributed by atoms with Crippen LogP contribution in [0.4, 0.5) is 5.69 Å². The number of aryl methyl sites for hydroxylation is 1. The Labute approximate surface area is 300 Å². The molecule has 262 valence electrons. The molecule has 48 heavy (non-hydrogen) atoms. The third-order valence-corrected chi connectivity index (χ3v) is 17.6. The molecule has 7 nitrogen and oxygen atoms in total. The molecule has 1 saturated heterocycles. The van der Waals surface area contributed by atoms with E-state index >= 15 is 0 Å². The Morgan fingerprint density at radius 2 is 1.83 bits per heavy atom.